The van der Waals surface area contributed by atoms with Gasteiger partial charge in [-0.15, -0.1) is 0 Å². The highest BCUT2D eigenvalue weighted by Crippen LogP contribution is 2.51. The van der Waals surface area contributed by atoms with Crippen LogP contribution in [-0.2, 0) is 9.53 Å². The number of amides is 2. The highest BCUT2D eigenvalue weighted by Gasteiger charge is 2.61. The number of nitrogens with two attached hydrogens (primary N) is 1. The molecule has 3 atom stereocenters. The Labute approximate surface area is 178 Å². The number of anilines is 1. The molecular formula is C20H18F5N3O4. The fourth-order valence-corrected chi connectivity index (χ4v) is 3.53. The smallest absolute Gasteiger partial charge is 0.417 e. The second kappa shape index (κ2) is 8.34. The summed E-state index contributed by atoms with van der Waals surface area (Å²) in [5.74, 6) is -6.50. The first-order valence-corrected chi connectivity index (χ1v) is 9.21. The van der Waals surface area contributed by atoms with Crippen LogP contribution in [0, 0.1) is 11.6 Å². The van der Waals surface area contributed by atoms with E-state index in [4.69, 9.17) is 15.2 Å². The van der Waals surface area contributed by atoms with E-state index >= 15 is 0 Å². The predicted octanol–water partition coefficient (Wildman–Crippen LogP) is 3.30. The van der Waals surface area contributed by atoms with Gasteiger partial charge in [-0.3, -0.25) is 14.6 Å². The molecule has 0 aliphatic carbocycles. The summed E-state index contributed by atoms with van der Waals surface area (Å²) in [5, 5.41) is 2.34. The van der Waals surface area contributed by atoms with Gasteiger partial charge in [0.25, 0.3) is 11.8 Å². The van der Waals surface area contributed by atoms with Crippen LogP contribution in [0.3, 0.4) is 0 Å². The van der Waals surface area contributed by atoms with Crippen LogP contribution < -0.4 is 15.8 Å². The fourth-order valence-electron chi connectivity index (χ4n) is 3.53. The number of methoxy groups -OCH3 is 1. The van der Waals surface area contributed by atoms with Gasteiger partial charge in [0.2, 0.25) is 5.82 Å². The molecule has 32 heavy (non-hydrogen) atoms. The number of hydrogen-bond donors (Lipinski definition) is 2. The Hall–Kier alpha value is -3.28. The maximum absolute atomic E-state index is 14.2. The first-order chi connectivity index (χ1) is 14.9. The average molecular weight is 459 g/mol. The van der Waals surface area contributed by atoms with Gasteiger partial charge in [0.1, 0.15) is 11.8 Å². The van der Waals surface area contributed by atoms with Crippen LogP contribution in [0.5, 0.6) is 5.75 Å². The van der Waals surface area contributed by atoms with Gasteiger partial charge in [-0.25, -0.2) is 4.39 Å². The molecule has 1 fully saturated rings. The van der Waals surface area contributed by atoms with Gasteiger partial charge in [0, 0.05) is 23.4 Å². The topological polar surface area (TPSA) is 104 Å². The normalized spacial score (nSPS) is 23.1. The zero-order valence-electron chi connectivity index (χ0n) is 16.8. The van der Waals surface area contributed by atoms with Crippen molar-refractivity contribution in [2.75, 3.05) is 12.4 Å². The van der Waals surface area contributed by atoms with Gasteiger partial charge in [0.05, 0.1) is 7.11 Å². The predicted molar refractivity (Wildman–Crippen MR) is 101 cm³/mol. The molecule has 0 saturated carbocycles. The van der Waals surface area contributed by atoms with Crippen molar-refractivity contribution in [3.63, 3.8) is 0 Å². The van der Waals surface area contributed by atoms with Crippen molar-refractivity contribution >= 4 is 17.5 Å². The molecule has 1 saturated heterocycles. The maximum atomic E-state index is 14.2. The molecule has 3 rings (SSSR count). The lowest BCUT2D eigenvalue weighted by atomic mass is 9.85. The fraction of sp³-hybridized carbons (Fsp3) is 0.350. The quantitative estimate of drug-likeness (QED) is 0.668. The van der Waals surface area contributed by atoms with Crippen molar-refractivity contribution in [2.24, 2.45) is 5.73 Å². The Bertz CT molecular complexity index is 1060. The third-order valence-electron chi connectivity index (χ3n) is 5.18. The van der Waals surface area contributed by atoms with E-state index in [-0.39, 0.29) is 16.9 Å². The molecule has 2 heterocycles. The maximum Gasteiger partial charge on any atom is 0.417 e. The lowest BCUT2D eigenvalue weighted by Gasteiger charge is -2.27. The Morgan fingerprint density at radius 3 is 2.56 bits per heavy atom. The van der Waals surface area contributed by atoms with E-state index in [2.05, 4.69) is 10.3 Å². The lowest BCUT2D eigenvalue weighted by Crippen LogP contribution is -2.43. The highest BCUT2D eigenvalue weighted by atomic mass is 19.4. The van der Waals surface area contributed by atoms with Gasteiger partial charge in [-0.1, -0.05) is 6.07 Å². The van der Waals surface area contributed by atoms with Crippen LogP contribution in [0.4, 0.5) is 27.6 Å². The van der Waals surface area contributed by atoms with Crippen molar-refractivity contribution in [2.45, 2.75) is 37.1 Å². The van der Waals surface area contributed by atoms with Gasteiger partial charge < -0.3 is 20.5 Å². The van der Waals surface area contributed by atoms with Crippen LogP contribution in [0.25, 0.3) is 0 Å². The Morgan fingerprint density at radius 2 is 1.97 bits per heavy atom. The molecule has 1 aliphatic heterocycles. The van der Waals surface area contributed by atoms with Gasteiger partial charge in [0.15, 0.2) is 17.2 Å². The number of nitrogens with one attached hydrogen (secondary N) is 1. The molecule has 1 aromatic carbocycles. The molecular weight excluding hydrogens is 441 g/mol. The number of nitrogens with zero attached hydrogens (tertiary/aromatic N) is 1. The van der Waals surface area contributed by atoms with Crippen LogP contribution in [-0.4, -0.2) is 41.8 Å². The monoisotopic (exact) mass is 459 g/mol. The number of ether oxygens (including phenoxy) is 2. The SMILES string of the molecule is COc1c([C@@H]2C[C@](C)(C(F)(F)F)O[C@H]2C(=O)Nc2ccnc(C(N)=O)c2)ccc(F)c1F. The number of pyridine rings is 1. The Kier molecular flexibility index (Phi) is 6.09. The van der Waals surface area contributed by atoms with Crippen LogP contribution >= 0.6 is 0 Å². The highest BCUT2D eigenvalue weighted by molar-refractivity contribution is 5.97. The van der Waals surface area contributed by atoms with Crippen molar-refractivity contribution in [1.82, 2.24) is 4.98 Å². The van der Waals surface area contributed by atoms with E-state index in [0.717, 1.165) is 32.2 Å². The largest absolute Gasteiger partial charge is 0.493 e. The summed E-state index contributed by atoms with van der Waals surface area (Å²) in [6, 6.07) is 4.19. The number of primary amides is 1. The van der Waals surface area contributed by atoms with E-state index in [9.17, 15) is 31.5 Å². The molecule has 3 N–H and O–H groups in total. The summed E-state index contributed by atoms with van der Waals surface area (Å²) in [7, 11) is 1.03. The Morgan fingerprint density at radius 1 is 1.28 bits per heavy atom. The molecule has 1 aliphatic rings. The van der Waals surface area contributed by atoms with Crippen molar-refractivity contribution in [3.8, 4) is 5.75 Å². The molecule has 2 amide bonds. The first kappa shape index (κ1) is 23.4. The molecule has 0 bridgehead atoms. The molecule has 12 heteroatoms. The van der Waals surface area contributed by atoms with Gasteiger partial charge in [-0.2, -0.15) is 17.6 Å². The summed E-state index contributed by atoms with van der Waals surface area (Å²) >= 11 is 0. The number of benzene rings is 1. The van der Waals surface area contributed by atoms with Gasteiger partial charge in [-0.05, 0) is 31.5 Å². The minimum absolute atomic E-state index is 0.0269. The molecule has 172 valence electrons. The number of aromatic nitrogens is 1. The number of alkyl halides is 3. The zero-order chi connectivity index (χ0) is 23.8. The van der Waals surface area contributed by atoms with Crippen molar-refractivity contribution < 1.29 is 41.0 Å². The average Bonchev–Trinajstić information content (AvgIpc) is 3.09. The minimum Gasteiger partial charge on any atom is -0.493 e. The standard InChI is InChI=1S/C20H18F5N3O4/c1-19(20(23,24)25)8-11(10-3-4-12(21)14(22)15(10)31-2)16(32-19)18(30)28-9-5-6-27-13(7-9)17(26)29/h3-7,11,16H,8H2,1-2H3,(H2,26,29)(H,27,28,30)/t11-,16+,19+/m0/s1. The van der Waals surface area contributed by atoms with E-state index < -0.39 is 59.4 Å². The van der Waals surface area contributed by atoms with Crippen LogP contribution in [0.15, 0.2) is 30.5 Å². The summed E-state index contributed by atoms with van der Waals surface area (Å²) < 4.78 is 78.9. The molecule has 7 nitrogen and oxygen atoms in total. The molecule has 0 unspecified atom stereocenters. The molecule has 2 aromatic rings. The molecule has 0 spiro atoms. The summed E-state index contributed by atoms with van der Waals surface area (Å²) in [6.45, 7) is 0.761. The molecule has 0 radical (unpaired) electrons. The third-order valence-corrected chi connectivity index (χ3v) is 5.18. The van der Waals surface area contributed by atoms with Crippen molar-refractivity contribution in [1.29, 1.82) is 0 Å². The van der Waals surface area contributed by atoms with E-state index in [1.165, 1.54) is 12.3 Å². The molecule has 1 aromatic heterocycles. The summed E-state index contributed by atoms with van der Waals surface area (Å²) in [5.41, 5.74) is 2.07. The second-order valence-corrected chi connectivity index (χ2v) is 7.34. The number of rotatable bonds is 5. The summed E-state index contributed by atoms with van der Waals surface area (Å²) in [6.07, 6.45) is -6.19. The first-order valence-electron chi connectivity index (χ1n) is 9.21. The number of hydrogen-bond acceptors (Lipinski definition) is 5. The van der Waals surface area contributed by atoms with Crippen LogP contribution in [0.2, 0.25) is 0 Å². The zero-order valence-corrected chi connectivity index (χ0v) is 16.8. The van der Waals surface area contributed by atoms with E-state index in [1.54, 1.807) is 0 Å². The van der Waals surface area contributed by atoms with Gasteiger partial charge >= 0.3 is 6.18 Å². The minimum atomic E-state index is -4.86. The number of carbonyl (C=O) groups excluding carboxylic acids is 2. The summed E-state index contributed by atoms with van der Waals surface area (Å²) in [4.78, 5) is 27.9. The van der Waals surface area contributed by atoms with Crippen molar-refractivity contribution in [3.05, 3.63) is 53.4 Å². The number of halogens is 5. The number of carbonyl (C=O) groups is 2. The van der Waals surface area contributed by atoms with E-state index in [0.29, 0.717) is 0 Å². The lowest BCUT2D eigenvalue weighted by molar-refractivity contribution is -0.261. The Balaban J connectivity index is 2.01. The third kappa shape index (κ3) is 4.22. The van der Waals surface area contributed by atoms with E-state index in [1.807, 2.05) is 0 Å². The van der Waals surface area contributed by atoms with Crippen LogP contribution in [0.1, 0.15) is 35.3 Å². The second-order valence-electron chi connectivity index (χ2n) is 7.34.